The van der Waals surface area contributed by atoms with E-state index in [1.165, 1.54) is 11.1 Å². The molecule has 15 heavy (non-hydrogen) atoms. The van der Waals surface area contributed by atoms with Gasteiger partial charge in [0.05, 0.1) is 5.60 Å². The molecule has 0 spiro atoms. The van der Waals surface area contributed by atoms with E-state index < -0.39 is 5.60 Å². The lowest BCUT2D eigenvalue weighted by Crippen LogP contribution is -2.25. The van der Waals surface area contributed by atoms with Crippen LogP contribution in [-0.4, -0.2) is 5.11 Å². The third-order valence-corrected chi connectivity index (χ3v) is 3.83. The minimum atomic E-state index is -0.663. The highest BCUT2D eigenvalue weighted by atomic mass is 32.1. The van der Waals surface area contributed by atoms with Crippen molar-refractivity contribution in [3.63, 3.8) is 0 Å². The molecule has 0 saturated heterocycles. The molecular formula is C13H12OS. The van der Waals surface area contributed by atoms with Gasteiger partial charge in [0.2, 0.25) is 0 Å². The summed E-state index contributed by atoms with van der Waals surface area (Å²) in [5.41, 5.74) is 2.96. The van der Waals surface area contributed by atoms with Crippen molar-refractivity contribution < 1.29 is 5.11 Å². The van der Waals surface area contributed by atoms with Crippen LogP contribution in [0.15, 0.2) is 41.1 Å². The molecule has 0 bridgehead atoms. The SMILES string of the molecule is OC1(c2ccsc2)Cc2ccccc2C1. The Bertz CT molecular complexity index is 448. The van der Waals surface area contributed by atoms with Crippen LogP contribution >= 0.6 is 11.3 Å². The summed E-state index contributed by atoms with van der Waals surface area (Å²) in [6.07, 6.45) is 1.50. The summed E-state index contributed by atoms with van der Waals surface area (Å²) < 4.78 is 0. The number of thiophene rings is 1. The molecule has 1 aromatic heterocycles. The van der Waals surface area contributed by atoms with Crippen molar-refractivity contribution in [1.82, 2.24) is 0 Å². The second-order valence-corrected chi connectivity index (χ2v) is 4.95. The molecule has 76 valence electrons. The Hall–Kier alpha value is -1.12. The Morgan fingerprint density at radius 3 is 2.27 bits per heavy atom. The van der Waals surface area contributed by atoms with Gasteiger partial charge in [0.15, 0.2) is 0 Å². The van der Waals surface area contributed by atoms with Crippen molar-refractivity contribution in [2.75, 3.05) is 0 Å². The quantitative estimate of drug-likeness (QED) is 0.777. The first kappa shape index (κ1) is 9.13. The van der Waals surface area contributed by atoms with Crippen molar-refractivity contribution in [2.45, 2.75) is 18.4 Å². The molecule has 0 atom stereocenters. The maximum Gasteiger partial charge on any atom is 0.0985 e. The van der Waals surface area contributed by atoms with Gasteiger partial charge in [0.1, 0.15) is 0 Å². The standard InChI is InChI=1S/C13H12OS/c14-13(12-5-6-15-9-12)7-10-3-1-2-4-11(10)8-13/h1-6,9,14H,7-8H2. The van der Waals surface area contributed by atoms with E-state index in [2.05, 4.69) is 12.1 Å². The van der Waals surface area contributed by atoms with Crippen LogP contribution < -0.4 is 0 Å². The smallest absolute Gasteiger partial charge is 0.0985 e. The molecule has 1 aliphatic rings. The van der Waals surface area contributed by atoms with E-state index in [9.17, 15) is 5.11 Å². The summed E-state index contributed by atoms with van der Waals surface area (Å²) in [6.45, 7) is 0. The normalized spacial score (nSPS) is 17.7. The number of rotatable bonds is 1. The van der Waals surface area contributed by atoms with Gasteiger partial charge < -0.3 is 5.11 Å². The molecule has 1 aliphatic carbocycles. The van der Waals surface area contributed by atoms with Gasteiger partial charge in [0.25, 0.3) is 0 Å². The Kier molecular flexibility index (Phi) is 1.94. The van der Waals surface area contributed by atoms with Crippen LogP contribution in [0.4, 0.5) is 0 Å². The number of aliphatic hydroxyl groups is 1. The van der Waals surface area contributed by atoms with Crippen LogP contribution in [0, 0.1) is 0 Å². The highest BCUT2D eigenvalue weighted by molar-refractivity contribution is 7.08. The third kappa shape index (κ3) is 1.41. The number of benzene rings is 1. The number of hydrogen-bond donors (Lipinski definition) is 1. The predicted molar refractivity (Wildman–Crippen MR) is 62.1 cm³/mol. The zero-order valence-corrected chi connectivity index (χ0v) is 9.13. The molecule has 1 aromatic carbocycles. The lowest BCUT2D eigenvalue weighted by molar-refractivity contribution is 0.0487. The largest absolute Gasteiger partial charge is 0.384 e. The minimum absolute atomic E-state index is 0.663. The van der Waals surface area contributed by atoms with Gasteiger partial charge in [-0.2, -0.15) is 11.3 Å². The number of hydrogen-bond acceptors (Lipinski definition) is 2. The Morgan fingerprint density at radius 2 is 1.73 bits per heavy atom. The summed E-state index contributed by atoms with van der Waals surface area (Å²) in [7, 11) is 0. The molecule has 2 aromatic rings. The van der Waals surface area contributed by atoms with Crippen molar-refractivity contribution in [1.29, 1.82) is 0 Å². The second-order valence-electron chi connectivity index (χ2n) is 4.17. The zero-order valence-electron chi connectivity index (χ0n) is 8.31. The molecule has 0 aliphatic heterocycles. The zero-order chi connectivity index (χ0) is 10.3. The van der Waals surface area contributed by atoms with Crippen LogP contribution in [0.1, 0.15) is 16.7 Å². The average Bonchev–Trinajstić information content (AvgIpc) is 2.83. The molecule has 3 rings (SSSR count). The Morgan fingerprint density at radius 1 is 1.07 bits per heavy atom. The second kappa shape index (κ2) is 3.19. The third-order valence-electron chi connectivity index (χ3n) is 3.14. The minimum Gasteiger partial charge on any atom is -0.384 e. The summed E-state index contributed by atoms with van der Waals surface area (Å²) in [4.78, 5) is 0. The van der Waals surface area contributed by atoms with E-state index >= 15 is 0 Å². The summed E-state index contributed by atoms with van der Waals surface area (Å²) in [5, 5.41) is 14.7. The van der Waals surface area contributed by atoms with Gasteiger partial charge in [-0.15, -0.1) is 0 Å². The summed E-state index contributed by atoms with van der Waals surface area (Å²) in [6, 6.07) is 10.3. The van der Waals surface area contributed by atoms with Crippen molar-refractivity contribution in [3.8, 4) is 0 Å². The first-order chi connectivity index (χ1) is 7.28. The van der Waals surface area contributed by atoms with E-state index in [4.69, 9.17) is 0 Å². The van der Waals surface area contributed by atoms with Crippen LogP contribution in [0.2, 0.25) is 0 Å². The first-order valence-corrected chi connectivity index (χ1v) is 6.04. The molecule has 2 heteroatoms. The Labute approximate surface area is 93.0 Å². The van der Waals surface area contributed by atoms with Crippen LogP contribution in [0.25, 0.3) is 0 Å². The predicted octanol–water partition coefficient (Wildman–Crippen LogP) is 2.73. The van der Waals surface area contributed by atoms with Crippen LogP contribution in [-0.2, 0) is 18.4 Å². The van der Waals surface area contributed by atoms with Gasteiger partial charge in [-0.05, 0) is 33.5 Å². The Balaban J connectivity index is 2.01. The molecular weight excluding hydrogens is 204 g/mol. The highest BCUT2D eigenvalue weighted by Gasteiger charge is 2.36. The molecule has 0 amide bonds. The van der Waals surface area contributed by atoms with E-state index in [1.807, 2.05) is 29.0 Å². The van der Waals surface area contributed by atoms with Crippen molar-refractivity contribution in [2.24, 2.45) is 0 Å². The van der Waals surface area contributed by atoms with Gasteiger partial charge in [0, 0.05) is 12.8 Å². The lowest BCUT2D eigenvalue weighted by Gasteiger charge is -2.20. The topological polar surface area (TPSA) is 20.2 Å². The fraction of sp³-hybridized carbons (Fsp3) is 0.231. The van der Waals surface area contributed by atoms with Gasteiger partial charge >= 0.3 is 0 Å². The maximum atomic E-state index is 10.6. The molecule has 0 radical (unpaired) electrons. The molecule has 0 fully saturated rings. The molecule has 1 nitrogen and oxygen atoms in total. The van der Waals surface area contributed by atoms with E-state index in [0.717, 1.165) is 18.4 Å². The van der Waals surface area contributed by atoms with Crippen molar-refractivity contribution in [3.05, 3.63) is 57.8 Å². The maximum absolute atomic E-state index is 10.6. The molecule has 1 heterocycles. The molecule has 1 N–H and O–H groups in total. The fourth-order valence-electron chi connectivity index (χ4n) is 2.33. The van der Waals surface area contributed by atoms with Crippen LogP contribution in [0.5, 0.6) is 0 Å². The van der Waals surface area contributed by atoms with Crippen LogP contribution in [0.3, 0.4) is 0 Å². The average molecular weight is 216 g/mol. The monoisotopic (exact) mass is 216 g/mol. The highest BCUT2D eigenvalue weighted by Crippen LogP contribution is 2.38. The lowest BCUT2D eigenvalue weighted by atomic mass is 9.93. The fourth-order valence-corrected chi connectivity index (χ4v) is 3.08. The summed E-state index contributed by atoms with van der Waals surface area (Å²) in [5.74, 6) is 0. The van der Waals surface area contributed by atoms with Gasteiger partial charge in [-0.25, -0.2) is 0 Å². The van der Waals surface area contributed by atoms with Crippen molar-refractivity contribution >= 4 is 11.3 Å². The summed E-state index contributed by atoms with van der Waals surface area (Å²) >= 11 is 1.64. The van der Waals surface area contributed by atoms with E-state index in [1.54, 1.807) is 11.3 Å². The van der Waals surface area contributed by atoms with Gasteiger partial charge in [-0.1, -0.05) is 24.3 Å². The first-order valence-electron chi connectivity index (χ1n) is 5.10. The van der Waals surface area contributed by atoms with E-state index in [0.29, 0.717) is 0 Å². The molecule has 0 saturated carbocycles. The van der Waals surface area contributed by atoms with Gasteiger partial charge in [-0.3, -0.25) is 0 Å². The van der Waals surface area contributed by atoms with E-state index in [-0.39, 0.29) is 0 Å². The molecule has 0 unspecified atom stereocenters. The number of fused-ring (bicyclic) bond motifs is 1.